The normalized spacial score (nSPS) is 14.5. The molecule has 0 spiro atoms. The highest BCUT2D eigenvalue weighted by molar-refractivity contribution is 7.13. The minimum absolute atomic E-state index is 0.0924. The van der Waals surface area contributed by atoms with Crippen molar-refractivity contribution in [3.63, 3.8) is 0 Å². The lowest BCUT2D eigenvalue weighted by Gasteiger charge is -2.18. The Balaban J connectivity index is 1.52. The van der Waals surface area contributed by atoms with E-state index in [1.165, 1.54) is 49.2 Å². The van der Waals surface area contributed by atoms with E-state index in [1.54, 1.807) is 23.5 Å². The van der Waals surface area contributed by atoms with Crippen molar-refractivity contribution in [2.75, 3.05) is 11.4 Å². The Kier molecular flexibility index (Phi) is 6.23. The predicted octanol–water partition coefficient (Wildman–Crippen LogP) is 6.01. The van der Waals surface area contributed by atoms with Gasteiger partial charge in [-0.05, 0) is 74.6 Å². The number of halogens is 2. The summed E-state index contributed by atoms with van der Waals surface area (Å²) in [5, 5.41) is 3.10. The molecular formula is C24H24F2N2OS. The third kappa shape index (κ3) is 4.75. The number of benzene rings is 2. The zero-order valence-electron chi connectivity index (χ0n) is 16.9. The number of thiazole rings is 1. The summed E-state index contributed by atoms with van der Waals surface area (Å²) in [6.07, 6.45) is 3.65. The van der Waals surface area contributed by atoms with E-state index in [2.05, 4.69) is 17.2 Å². The van der Waals surface area contributed by atoms with E-state index < -0.39 is 5.92 Å². The maximum absolute atomic E-state index is 13.4. The summed E-state index contributed by atoms with van der Waals surface area (Å²) >= 11 is 1.65. The molecule has 1 aromatic heterocycles. The minimum atomic E-state index is -0.438. The van der Waals surface area contributed by atoms with Crippen molar-refractivity contribution in [1.29, 1.82) is 0 Å². The first kappa shape index (κ1) is 20.7. The molecule has 1 saturated carbocycles. The van der Waals surface area contributed by atoms with Crippen molar-refractivity contribution in [3.8, 4) is 0 Å². The van der Waals surface area contributed by atoms with Gasteiger partial charge in [0.15, 0.2) is 10.9 Å². The molecule has 3 aromatic rings. The molecular weight excluding hydrogens is 402 g/mol. The van der Waals surface area contributed by atoms with Gasteiger partial charge in [-0.25, -0.2) is 13.8 Å². The van der Waals surface area contributed by atoms with Gasteiger partial charge in [-0.15, -0.1) is 11.3 Å². The van der Waals surface area contributed by atoms with Crippen molar-refractivity contribution in [2.24, 2.45) is 0 Å². The molecule has 1 fully saturated rings. The van der Waals surface area contributed by atoms with Crippen LogP contribution < -0.4 is 4.90 Å². The Morgan fingerprint density at radius 1 is 1.10 bits per heavy atom. The van der Waals surface area contributed by atoms with Crippen molar-refractivity contribution in [2.45, 2.75) is 44.6 Å². The Morgan fingerprint density at radius 3 is 2.33 bits per heavy atom. The van der Waals surface area contributed by atoms with Crippen LogP contribution in [-0.4, -0.2) is 23.4 Å². The van der Waals surface area contributed by atoms with Crippen LogP contribution in [0.3, 0.4) is 0 Å². The van der Waals surface area contributed by atoms with Gasteiger partial charge in [0.25, 0.3) is 0 Å². The molecule has 0 bridgehead atoms. The van der Waals surface area contributed by atoms with Crippen LogP contribution in [0.4, 0.5) is 13.9 Å². The molecule has 156 valence electrons. The second-order valence-electron chi connectivity index (χ2n) is 7.65. The number of Topliss-reactive ketones (excluding diaryl/α,β-unsaturated/α-hetero) is 1. The second-order valence-corrected chi connectivity index (χ2v) is 8.49. The molecule has 0 N–H and O–H groups in total. The fourth-order valence-corrected chi connectivity index (χ4v) is 4.73. The minimum Gasteiger partial charge on any atom is -0.345 e. The van der Waals surface area contributed by atoms with Gasteiger partial charge in [-0.3, -0.25) is 4.79 Å². The number of nitrogens with zero attached hydrogens (tertiary/aromatic N) is 2. The number of carbonyl (C=O) groups excluding carboxylic acids is 1. The summed E-state index contributed by atoms with van der Waals surface area (Å²) in [6, 6.07) is 12.2. The molecule has 1 unspecified atom stereocenters. The lowest BCUT2D eigenvalue weighted by Crippen LogP contribution is -2.24. The molecule has 6 heteroatoms. The summed E-state index contributed by atoms with van der Waals surface area (Å²) in [5.74, 6) is -1.25. The van der Waals surface area contributed by atoms with Crippen molar-refractivity contribution in [3.05, 3.63) is 82.4 Å². The van der Waals surface area contributed by atoms with Gasteiger partial charge in [-0.2, -0.15) is 0 Å². The summed E-state index contributed by atoms with van der Waals surface area (Å²) in [4.78, 5) is 20.3. The highest BCUT2D eigenvalue weighted by Crippen LogP contribution is 2.34. The molecule has 30 heavy (non-hydrogen) atoms. The first-order chi connectivity index (χ1) is 14.5. The van der Waals surface area contributed by atoms with Gasteiger partial charge < -0.3 is 4.90 Å². The van der Waals surface area contributed by atoms with Crippen LogP contribution >= 0.6 is 11.3 Å². The molecule has 2 aromatic carbocycles. The van der Waals surface area contributed by atoms with E-state index in [-0.39, 0.29) is 17.4 Å². The van der Waals surface area contributed by atoms with Gasteiger partial charge >= 0.3 is 0 Å². The average Bonchev–Trinajstić information content (AvgIpc) is 3.48. The molecule has 1 atom stereocenters. The average molecular weight is 427 g/mol. The summed E-state index contributed by atoms with van der Waals surface area (Å²) in [6.45, 7) is 3.09. The van der Waals surface area contributed by atoms with E-state index >= 15 is 0 Å². The van der Waals surface area contributed by atoms with Crippen molar-refractivity contribution < 1.29 is 13.6 Å². The highest BCUT2D eigenvalue weighted by atomic mass is 32.1. The number of rotatable bonds is 9. The molecule has 0 amide bonds. The van der Waals surface area contributed by atoms with Crippen LogP contribution in [0, 0.1) is 11.6 Å². The molecule has 3 nitrogen and oxygen atoms in total. The summed E-state index contributed by atoms with van der Waals surface area (Å²) in [5.41, 5.74) is 2.18. The molecule has 1 aliphatic carbocycles. The van der Waals surface area contributed by atoms with Crippen molar-refractivity contribution in [1.82, 2.24) is 4.98 Å². The molecule has 0 saturated heterocycles. The summed E-state index contributed by atoms with van der Waals surface area (Å²) in [7, 11) is 0. The largest absolute Gasteiger partial charge is 0.345 e. The number of aromatic nitrogens is 1. The molecule has 1 heterocycles. The monoisotopic (exact) mass is 426 g/mol. The molecule has 4 rings (SSSR count). The smallest absolute Gasteiger partial charge is 0.185 e. The van der Waals surface area contributed by atoms with E-state index in [0.29, 0.717) is 24.4 Å². The standard InChI is InChI=1S/C24H24F2N2OS/c1-2-28(21-12-13-21)24-27-20(15-30-24)11-14-22(16-3-7-18(25)8-4-16)23(29)17-5-9-19(26)10-6-17/h3-10,15,21-22H,2,11-14H2,1H3. The Labute approximate surface area is 179 Å². The number of aryl methyl sites for hydroxylation is 1. The summed E-state index contributed by atoms with van der Waals surface area (Å²) < 4.78 is 26.7. The van der Waals surface area contributed by atoms with E-state index in [9.17, 15) is 13.6 Å². The van der Waals surface area contributed by atoms with Crippen LogP contribution in [0.25, 0.3) is 0 Å². The van der Waals surface area contributed by atoms with E-state index in [4.69, 9.17) is 4.98 Å². The molecule has 0 radical (unpaired) electrons. The lowest BCUT2D eigenvalue weighted by atomic mass is 9.86. The first-order valence-electron chi connectivity index (χ1n) is 10.3. The zero-order chi connectivity index (χ0) is 21.1. The SMILES string of the molecule is CCN(c1nc(CCC(C(=O)c2ccc(F)cc2)c2ccc(F)cc2)cs1)C1CC1. The van der Waals surface area contributed by atoms with Gasteiger partial charge in [0, 0.05) is 29.4 Å². The second kappa shape index (κ2) is 9.04. The Morgan fingerprint density at radius 2 is 1.73 bits per heavy atom. The van der Waals surface area contributed by atoms with Crippen LogP contribution in [0.15, 0.2) is 53.9 Å². The first-order valence-corrected chi connectivity index (χ1v) is 11.2. The maximum Gasteiger partial charge on any atom is 0.185 e. The third-order valence-electron chi connectivity index (χ3n) is 5.52. The Bertz CT molecular complexity index is 997. The van der Waals surface area contributed by atoms with Gasteiger partial charge in [-0.1, -0.05) is 12.1 Å². The highest BCUT2D eigenvalue weighted by Gasteiger charge is 2.30. The third-order valence-corrected chi connectivity index (χ3v) is 6.45. The van der Waals surface area contributed by atoms with Gasteiger partial charge in [0.2, 0.25) is 0 Å². The number of hydrogen-bond acceptors (Lipinski definition) is 4. The lowest BCUT2D eigenvalue weighted by molar-refractivity contribution is 0.0955. The van der Waals surface area contributed by atoms with E-state index in [0.717, 1.165) is 22.9 Å². The molecule has 0 aliphatic heterocycles. The quantitative estimate of drug-likeness (QED) is 0.393. The van der Waals surface area contributed by atoms with Gasteiger partial charge in [0.1, 0.15) is 11.6 Å². The number of carbonyl (C=O) groups is 1. The number of ketones is 1. The van der Waals surface area contributed by atoms with Crippen LogP contribution in [0.1, 0.15) is 53.7 Å². The van der Waals surface area contributed by atoms with Crippen LogP contribution in [0.5, 0.6) is 0 Å². The topological polar surface area (TPSA) is 33.2 Å². The van der Waals surface area contributed by atoms with Crippen LogP contribution in [0.2, 0.25) is 0 Å². The fraction of sp³-hybridized carbons (Fsp3) is 0.333. The Hall–Kier alpha value is -2.60. The van der Waals surface area contributed by atoms with Crippen molar-refractivity contribution >= 4 is 22.3 Å². The zero-order valence-corrected chi connectivity index (χ0v) is 17.7. The predicted molar refractivity (Wildman–Crippen MR) is 116 cm³/mol. The number of hydrogen-bond donors (Lipinski definition) is 0. The number of anilines is 1. The molecule has 1 aliphatic rings. The van der Waals surface area contributed by atoms with Gasteiger partial charge in [0.05, 0.1) is 5.69 Å². The maximum atomic E-state index is 13.4. The van der Waals surface area contributed by atoms with Crippen LogP contribution in [-0.2, 0) is 6.42 Å². The van der Waals surface area contributed by atoms with E-state index in [1.807, 2.05) is 0 Å². The fourth-order valence-electron chi connectivity index (χ4n) is 3.73.